The van der Waals surface area contributed by atoms with Gasteiger partial charge in [-0.2, -0.15) is 0 Å². The van der Waals surface area contributed by atoms with Gasteiger partial charge in [0.05, 0.1) is 4.92 Å². The van der Waals surface area contributed by atoms with Crippen LogP contribution in [0.1, 0.15) is 5.56 Å². The van der Waals surface area contributed by atoms with E-state index in [1.54, 1.807) is 19.2 Å². The van der Waals surface area contributed by atoms with Gasteiger partial charge in [0, 0.05) is 25.7 Å². The van der Waals surface area contributed by atoms with Crippen LogP contribution in [0.25, 0.3) is 0 Å². The smallest absolute Gasteiger partial charge is 0.269 e. The molecule has 7 heteroatoms. The normalized spacial score (nSPS) is 11.2. The topological polar surface area (TPSA) is 105 Å². The molecule has 86 valence electrons. The molecule has 0 saturated heterocycles. The van der Waals surface area contributed by atoms with Gasteiger partial charge < -0.3 is 15.8 Å². The Morgan fingerprint density at radius 2 is 2.12 bits per heavy atom. The van der Waals surface area contributed by atoms with Gasteiger partial charge >= 0.3 is 0 Å². The first-order chi connectivity index (χ1) is 7.54. The molecule has 16 heavy (non-hydrogen) atoms. The van der Waals surface area contributed by atoms with Gasteiger partial charge in [-0.1, -0.05) is 17.3 Å². The minimum absolute atomic E-state index is 0.0154. The highest BCUT2D eigenvalue weighted by atomic mass is 16.6. The summed E-state index contributed by atoms with van der Waals surface area (Å²) in [7, 11) is 1.65. The average Bonchev–Trinajstić information content (AvgIpc) is 2.28. The molecule has 0 bridgehead atoms. The van der Waals surface area contributed by atoms with Crippen LogP contribution in [0.4, 0.5) is 5.69 Å². The molecular formula is C9H12N4O3. The number of hydrogen-bond acceptors (Lipinski definition) is 4. The van der Waals surface area contributed by atoms with Gasteiger partial charge in [0.1, 0.15) is 0 Å². The van der Waals surface area contributed by atoms with Gasteiger partial charge in [-0.15, -0.1) is 0 Å². The first-order valence-electron chi connectivity index (χ1n) is 4.46. The lowest BCUT2D eigenvalue weighted by Crippen LogP contribution is -2.33. The Balaban J connectivity index is 2.72. The van der Waals surface area contributed by atoms with E-state index in [1.165, 1.54) is 17.0 Å². The van der Waals surface area contributed by atoms with Crippen LogP contribution in [0.15, 0.2) is 29.4 Å². The summed E-state index contributed by atoms with van der Waals surface area (Å²) in [5.41, 5.74) is 6.23. The number of oxime groups is 1. The number of rotatable bonds is 3. The summed E-state index contributed by atoms with van der Waals surface area (Å²) < 4.78 is 0. The number of nitro groups is 1. The maximum Gasteiger partial charge on any atom is 0.269 e. The van der Waals surface area contributed by atoms with Crippen molar-refractivity contribution in [2.45, 2.75) is 6.54 Å². The molecule has 3 N–H and O–H groups in total. The number of nitro benzene ring substituents is 1. The fraction of sp³-hybridized carbons (Fsp3) is 0.222. The van der Waals surface area contributed by atoms with Crippen LogP contribution in [-0.2, 0) is 6.54 Å². The second-order valence-electron chi connectivity index (χ2n) is 3.24. The van der Waals surface area contributed by atoms with E-state index in [4.69, 9.17) is 10.9 Å². The monoisotopic (exact) mass is 224 g/mol. The number of hydrogen-bond donors (Lipinski definition) is 2. The molecule has 0 fully saturated rings. The predicted octanol–water partition coefficient (Wildman–Crippen LogP) is 0.731. The molecule has 1 aromatic carbocycles. The van der Waals surface area contributed by atoms with Gasteiger partial charge in [0.15, 0.2) is 0 Å². The van der Waals surface area contributed by atoms with Crippen LogP contribution in [-0.4, -0.2) is 28.0 Å². The molecule has 1 aromatic rings. The van der Waals surface area contributed by atoms with E-state index in [0.29, 0.717) is 6.54 Å². The van der Waals surface area contributed by atoms with E-state index < -0.39 is 4.92 Å². The zero-order valence-electron chi connectivity index (χ0n) is 8.70. The molecule has 0 aliphatic heterocycles. The number of nitrogens with zero attached hydrogens (tertiary/aromatic N) is 3. The van der Waals surface area contributed by atoms with E-state index >= 15 is 0 Å². The summed E-state index contributed by atoms with van der Waals surface area (Å²) in [6.45, 7) is 0.411. The third kappa shape index (κ3) is 2.84. The zero-order chi connectivity index (χ0) is 12.1. The van der Waals surface area contributed by atoms with Crippen LogP contribution in [0.3, 0.4) is 0 Å². The number of benzene rings is 1. The summed E-state index contributed by atoms with van der Waals surface area (Å²) in [5, 5.41) is 21.7. The summed E-state index contributed by atoms with van der Waals surface area (Å²) >= 11 is 0. The molecule has 7 nitrogen and oxygen atoms in total. The third-order valence-electron chi connectivity index (χ3n) is 2.06. The molecule has 0 heterocycles. The fourth-order valence-electron chi connectivity index (χ4n) is 1.15. The van der Waals surface area contributed by atoms with Crippen molar-refractivity contribution in [3.8, 4) is 0 Å². The van der Waals surface area contributed by atoms with Gasteiger partial charge in [-0.25, -0.2) is 0 Å². The molecule has 0 atom stereocenters. The van der Waals surface area contributed by atoms with Crippen molar-refractivity contribution in [3.05, 3.63) is 39.9 Å². The fourth-order valence-corrected chi connectivity index (χ4v) is 1.15. The molecule has 0 unspecified atom stereocenters. The quantitative estimate of drug-likeness (QED) is 0.259. The maximum atomic E-state index is 10.4. The third-order valence-corrected chi connectivity index (χ3v) is 2.06. The van der Waals surface area contributed by atoms with Crippen LogP contribution in [0.5, 0.6) is 0 Å². The van der Waals surface area contributed by atoms with E-state index in [1.807, 2.05) is 0 Å². The molecular weight excluding hydrogens is 212 g/mol. The lowest BCUT2D eigenvalue weighted by molar-refractivity contribution is -0.384. The summed E-state index contributed by atoms with van der Waals surface area (Å²) in [6.07, 6.45) is 0. The standard InChI is InChI=1S/C9H12N4O3/c1-12(9(10)11-14)6-7-2-4-8(5-3-7)13(15)16/h2-5,14H,6H2,1H3,(H2,10,11). The van der Waals surface area contributed by atoms with Crippen LogP contribution in [0, 0.1) is 10.1 Å². The van der Waals surface area contributed by atoms with Gasteiger partial charge in [-0.3, -0.25) is 10.1 Å². The molecule has 0 aliphatic carbocycles. The van der Waals surface area contributed by atoms with Gasteiger partial charge in [-0.05, 0) is 5.56 Å². The Kier molecular flexibility index (Phi) is 3.65. The Morgan fingerprint density at radius 3 is 2.56 bits per heavy atom. The molecule has 0 spiro atoms. The predicted molar refractivity (Wildman–Crippen MR) is 58.0 cm³/mol. The Labute approximate surface area is 91.9 Å². The Hall–Kier alpha value is -2.31. The highest BCUT2D eigenvalue weighted by Gasteiger charge is 2.06. The average molecular weight is 224 g/mol. The van der Waals surface area contributed by atoms with Crippen LogP contribution >= 0.6 is 0 Å². The van der Waals surface area contributed by atoms with Crippen molar-refractivity contribution in [1.29, 1.82) is 0 Å². The van der Waals surface area contributed by atoms with E-state index in [2.05, 4.69) is 5.16 Å². The van der Waals surface area contributed by atoms with Crippen molar-refractivity contribution in [3.63, 3.8) is 0 Å². The van der Waals surface area contributed by atoms with Crippen molar-refractivity contribution >= 4 is 11.6 Å². The molecule has 1 rings (SSSR count). The lowest BCUT2D eigenvalue weighted by atomic mass is 10.2. The van der Waals surface area contributed by atoms with Gasteiger partial charge in [0.25, 0.3) is 5.69 Å². The first kappa shape index (κ1) is 11.8. The largest absolute Gasteiger partial charge is 0.408 e. The molecule has 0 radical (unpaired) electrons. The van der Waals surface area contributed by atoms with E-state index in [0.717, 1.165) is 5.56 Å². The number of guanidine groups is 1. The van der Waals surface area contributed by atoms with Crippen molar-refractivity contribution in [2.75, 3.05) is 7.05 Å². The highest BCUT2D eigenvalue weighted by Crippen LogP contribution is 2.12. The SMILES string of the molecule is CN(Cc1ccc([N+](=O)[O-])cc1)C(N)=NO. The molecule has 0 aliphatic rings. The maximum absolute atomic E-state index is 10.4. The number of non-ortho nitro benzene ring substituents is 1. The Morgan fingerprint density at radius 1 is 1.56 bits per heavy atom. The second-order valence-corrected chi connectivity index (χ2v) is 3.24. The molecule has 0 aromatic heterocycles. The van der Waals surface area contributed by atoms with E-state index in [-0.39, 0.29) is 11.6 Å². The summed E-state index contributed by atoms with van der Waals surface area (Å²) in [4.78, 5) is 11.5. The minimum Gasteiger partial charge on any atom is -0.408 e. The highest BCUT2D eigenvalue weighted by molar-refractivity contribution is 5.77. The van der Waals surface area contributed by atoms with Crippen LogP contribution < -0.4 is 5.73 Å². The summed E-state index contributed by atoms with van der Waals surface area (Å²) in [6, 6.07) is 6.07. The van der Waals surface area contributed by atoms with Gasteiger partial charge in [0.2, 0.25) is 5.96 Å². The van der Waals surface area contributed by atoms with Crippen molar-refractivity contribution < 1.29 is 10.1 Å². The van der Waals surface area contributed by atoms with Crippen LogP contribution in [0.2, 0.25) is 0 Å². The first-order valence-corrected chi connectivity index (χ1v) is 4.46. The Bertz CT molecular complexity index is 402. The summed E-state index contributed by atoms with van der Waals surface area (Å²) in [5.74, 6) is -0.0154. The lowest BCUT2D eigenvalue weighted by Gasteiger charge is -2.16. The van der Waals surface area contributed by atoms with E-state index in [9.17, 15) is 10.1 Å². The molecule has 0 amide bonds. The van der Waals surface area contributed by atoms with Crippen molar-refractivity contribution in [1.82, 2.24) is 4.90 Å². The second kappa shape index (κ2) is 4.96. The zero-order valence-corrected chi connectivity index (χ0v) is 8.70. The van der Waals surface area contributed by atoms with Crippen molar-refractivity contribution in [2.24, 2.45) is 10.9 Å². The number of nitrogens with two attached hydrogens (primary N) is 1. The molecule has 0 saturated carbocycles. The minimum atomic E-state index is -0.461.